The van der Waals surface area contributed by atoms with Crippen molar-refractivity contribution in [2.24, 2.45) is 10.9 Å². The number of aliphatic imine (C=N–C) groups is 1. The second-order valence-electron chi connectivity index (χ2n) is 5.96. The molecular formula is C20H16N4O4. The van der Waals surface area contributed by atoms with Crippen molar-refractivity contribution < 1.29 is 19.1 Å². The van der Waals surface area contributed by atoms with Crippen molar-refractivity contribution in [3.05, 3.63) is 60.4 Å². The summed E-state index contributed by atoms with van der Waals surface area (Å²) in [5.74, 6) is -2.41. The summed E-state index contributed by atoms with van der Waals surface area (Å²) in [6.07, 6.45) is 8.09. The van der Waals surface area contributed by atoms with Gasteiger partial charge in [-0.15, -0.1) is 0 Å². The number of rotatable bonds is 4. The summed E-state index contributed by atoms with van der Waals surface area (Å²) in [5, 5.41) is 0.832. The number of Topliss-reactive ketones (excluding diaryl/α,β-unsaturated/α-hetero) is 1. The normalized spacial score (nSPS) is 19.3. The molecule has 3 aromatic heterocycles. The van der Waals surface area contributed by atoms with Crippen LogP contribution < -0.4 is 0 Å². The maximum Gasteiger partial charge on any atom is 0.326 e. The monoisotopic (exact) mass is 376 g/mol. The standard InChI is InChI=1S/C20H16N4O4/c1-2-27-20(26)16-17(25)15(28-19(16)24-13-5-8-21-9-6-13)10-12-11-23-18-14(12)4-3-7-22-18/h3-11,16H,2H2,1H3,(H,22,23)/b15-10-,24-19?. The van der Waals surface area contributed by atoms with Gasteiger partial charge >= 0.3 is 5.97 Å². The number of ketones is 1. The van der Waals surface area contributed by atoms with Crippen LogP contribution in [0.15, 0.2) is 59.8 Å². The van der Waals surface area contributed by atoms with Gasteiger partial charge in [-0.05, 0) is 37.3 Å². The van der Waals surface area contributed by atoms with Gasteiger partial charge < -0.3 is 14.5 Å². The van der Waals surface area contributed by atoms with Crippen LogP contribution in [0.5, 0.6) is 0 Å². The molecule has 0 bridgehead atoms. The molecule has 1 N–H and O–H groups in total. The number of aromatic amines is 1. The Morgan fingerprint density at radius 3 is 2.93 bits per heavy atom. The lowest BCUT2D eigenvalue weighted by molar-refractivity contribution is -0.147. The van der Waals surface area contributed by atoms with E-state index < -0.39 is 17.7 Å². The minimum Gasteiger partial charge on any atom is -0.465 e. The quantitative estimate of drug-likeness (QED) is 0.426. The lowest BCUT2D eigenvalue weighted by atomic mass is 10.0. The molecule has 1 unspecified atom stereocenters. The molecule has 140 valence electrons. The molecule has 0 radical (unpaired) electrons. The number of ether oxygens (including phenoxy) is 2. The van der Waals surface area contributed by atoms with Crippen LogP contribution in [0, 0.1) is 5.92 Å². The number of allylic oxidation sites excluding steroid dienone is 1. The molecule has 1 atom stereocenters. The van der Waals surface area contributed by atoms with Gasteiger partial charge in [-0.1, -0.05) is 0 Å². The Balaban J connectivity index is 1.74. The highest BCUT2D eigenvalue weighted by Gasteiger charge is 2.44. The number of esters is 1. The van der Waals surface area contributed by atoms with E-state index in [0.29, 0.717) is 11.3 Å². The highest BCUT2D eigenvalue weighted by Crippen LogP contribution is 2.29. The van der Waals surface area contributed by atoms with Crippen LogP contribution in [0.2, 0.25) is 0 Å². The highest BCUT2D eigenvalue weighted by molar-refractivity contribution is 6.27. The largest absolute Gasteiger partial charge is 0.465 e. The van der Waals surface area contributed by atoms with Crippen molar-refractivity contribution in [1.29, 1.82) is 0 Å². The molecule has 8 heteroatoms. The van der Waals surface area contributed by atoms with Crippen molar-refractivity contribution in [3.63, 3.8) is 0 Å². The minimum atomic E-state index is -1.23. The average Bonchev–Trinajstić information content (AvgIpc) is 3.24. The van der Waals surface area contributed by atoms with Crippen molar-refractivity contribution in [1.82, 2.24) is 15.0 Å². The van der Waals surface area contributed by atoms with Gasteiger partial charge in [-0.2, -0.15) is 0 Å². The fraction of sp³-hybridized carbons (Fsp3) is 0.150. The molecule has 0 amide bonds. The van der Waals surface area contributed by atoms with Crippen LogP contribution in [-0.2, 0) is 19.1 Å². The SMILES string of the molecule is CCOC(=O)C1C(=O)/C(=C/c2c[nH]c3ncccc23)OC1=Nc1ccncc1. The fourth-order valence-electron chi connectivity index (χ4n) is 2.88. The van der Waals surface area contributed by atoms with Crippen molar-refractivity contribution in [2.45, 2.75) is 6.92 Å². The van der Waals surface area contributed by atoms with Crippen LogP contribution in [0.4, 0.5) is 5.69 Å². The van der Waals surface area contributed by atoms with E-state index in [-0.39, 0.29) is 18.3 Å². The van der Waals surface area contributed by atoms with Crippen LogP contribution in [0.25, 0.3) is 17.1 Å². The highest BCUT2D eigenvalue weighted by atomic mass is 16.5. The summed E-state index contributed by atoms with van der Waals surface area (Å²) in [6, 6.07) is 6.97. The van der Waals surface area contributed by atoms with Gasteiger partial charge in [-0.3, -0.25) is 14.6 Å². The van der Waals surface area contributed by atoms with E-state index in [4.69, 9.17) is 9.47 Å². The fourth-order valence-corrected chi connectivity index (χ4v) is 2.88. The number of hydrogen-bond donors (Lipinski definition) is 1. The first-order valence-corrected chi connectivity index (χ1v) is 8.68. The summed E-state index contributed by atoms with van der Waals surface area (Å²) in [7, 11) is 0. The molecule has 4 heterocycles. The van der Waals surface area contributed by atoms with E-state index in [9.17, 15) is 9.59 Å². The predicted octanol–water partition coefficient (Wildman–Crippen LogP) is 2.81. The molecule has 1 aliphatic rings. The molecule has 0 saturated carbocycles. The first-order chi connectivity index (χ1) is 13.7. The molecule has 28 heavy (non-hydrogen) atoms. The lowest BCUT2D eigenvalue weighted by Crippen LogP contribution is -2.27. The van der Waals surface area contributed by atoms with Crippen molar-refractivity contribution >= 4 is 40.4 Å². The first kappa shape index (κ1) is 17.6. The molecule has 0 spiro atoms. The van der Waals surface area contributed by atoms with Crippen LogP contribution >= 0.6 is 0 Å². The number of aromatic nitrogens is 3. The predicted molar refractivity (Wildman–Crippen MR) is 102 cm³/mol. The number of H-pyrrole nitrogens is 1. The number of nitrogens with one attached hydrogen (secondary N) is 1. The summed E-state index contributed by atoms with van der Waals surface area (Å²) < 4.78 is 10.7. The first-order valence-electron chi connectivity index (χ1n) is 8.68. The Morgan fingerprint density at radius 2 is 2.14 bits per heavy atom. The Morgan fingerprint density at radius 1 is 1.32 bits per heavy atom. The smallest absolute Gasteiger partial charge is 0.326 e. The zero-order valence-corrected chi connectivity index (χ0v) is 15.0. The summed E-state index contributed by atoms with van der Waals surface area (Å²) in [6.45, 7) is 1.83. The number of nitrogens with zero attached hydrogens (tertiary/aromatic N) is 3. The number of fused-ring (bicyclic) bond motifs is 1. The average molecular weight is 376 g/mol. The molecule has 1 saturated heterocycles. The van der Waals surface area contributed by atoms with Crippen LogP contribution in [-0.4, -0.2) is 39.2 Å². The molecule has 0 aromatic carbocycles. The zero-order chi connectivity index (χ0) is 19.5. The number of carbonyl (C=O) groups is 2. The molecule has 1 fully saturated rings. The lowest BCUT2D eigenvalue weighted by Gasteiger charge is -2.06. The Bertz CT molecular complexity index is 1100. The second-order valence-corrected chi connectivity index (χ2v) is 5.96. The summed E-state index contributed by atoms with van der Waals surface area (Å²) in [4.78, 5) is 40.7. The van der Waals surface area contributed by atoms with E-state index in [1.165, 1.54) is 0 Å². The zero-order valence-electron chi connectivity index (χ0n) is 15.0. The van der Waals surface area contributed by atoms with E-state index >= 15 is 0 Å². The third-order valence-electron chi connectivity index (χ3n) is 4.16. The number of hydrogen-bond acceptors (Lipinski definition) is 7. The number of pyridine rings is 2. The van der Waals surface area contributed by atoms with Gasteiger partial charge in [0.2, 0.25) is 11.7 Å². The van der Waals surface area contributed by atoms with Crippen LogP contribution in [0.1, 0.15) is 12.5 Å². The Hall–Kier alpha value is -3.81. The molecule has 0 aliphatic carbocycles. The molecular weight excluding hydrogens is 360 g/mol. The third-order valence-corrected chi connectivity index (χ3v) is 4.16. The van der Waals surface area contributed by atoms with E-state index in [1.807, 2.05) is 6.07 Å². The Labute approximate surface area is 159 Å². The Kier molecular flexibility index (Phi) is 4.67. The van der Waals surface area contributed by atoms with E-state index in [0.717, 1.165) is 10.9 Å². The van der Waals surface area contributed by atoms with Gasteiger partial charge in [0.25, 0.3) is 0 Å². The molecule has 8 nitrogen and oxygen atoms in total. The van der Waals surface area contributed by atoms with Crippen LogP contribution in [0.3, 0.4) is 0 Å². The maximum absolute atomic E-state index is 12.9. The molecule has 4 rings (SSSR count). The number of carbonyl (C=O) groups excluding carboxylic acids is 2. The summed E-state index contributed by atoms with van der Waals surface area (Å²) in [5.41, 5.74) is 1.93. The second kappa shape index (κ2) is 7.43. The maximum atomic E-state index is 12.9. The third kappa shape index (κ3) is 3.27. The molecule has 1 aliphatic heterocycles. The van der Waals surface area contributed by atoms with Gasteiger partial charge in [0.1, 0.15) is 5.65 Å². The van der Waals surface area contributed by atoms with Gasteiger partial charge in [0.15, 0.2) is 11.7 Å². The van der Waals surface area contributed by atoms with Gasteiger partial charge in [0, 0.05) is 35.7 Å². The van der Waals surface area contributed by atoms with E-state index in [2.05, 4.69) is 19.9 Å². The van der Waals surface area contributed by atoms with Crippen molar-refractivity contribution in [2.75, 3.05) is 6.61 Å². The van der Waals surface area contributed by atoms with Gasteiger partial charge in [-0.25, -0.2) is 9.98 Å². The van der Waals surface area contributed by atoms with Gasteiger partial charge in [0.05, 0.1) is 12.3 Å². The minimum absolute atomic E-state index is 0.0149. The summed E-state index contributed by atoms with van der Waals surface area (Å²) >= 11 is 0. The topological polar surface area (TPSA) is 107 Å². The van der Waals surface area contributed by atoms with E-state index in [1.54, 1.807) is 56.0 Å². The van der Waals surface area contributed by atoms with Crippen molar-refractivity contribution in [3.8, 4) is 0 Å². The molecule has 3 aromatic rings.